The molecular weight excluding hydrogens is 324 g/mol. The van der Waals surface area contributed by atoms with Gasteiger partial charge >= 0.3 is 6.18 Å². The SMILES string of the molecule is NC(Cc1c(Cl)cccc1Cl)c1ccc(C(F)(F)F)cn1. The molecule has 112 valence electrons. The molecule has 2 rings (SSSR count). The van der Waals surface area contributed by atoms with Gasteiger partial charge in [-0.15, -0.1) is 0 Å². The van der Waals surface area contributed by atoms with Crippen LogP contribution >= 0.6 is 23.2 Å². The average Bonchev–Trinajstić information content (AvgIpc) is 2.42. The maximum atomic E-state index is 12.5. The number of hydrogen-bond donors (Lipinski definition) is 1. The van der Waals surface area contributed by atoms with Gasteiger partial charge in [-0.25, -0.2) is 0 Å². The van der Waals surface area contributed by atoms with Crippen LogP contribution < -0.4 is 5.73 Å². The Kier molecular flexibility index (Phi) is 4.76. The lowest BCUT2D eigenvalue weighted by Crippen LogP contribution is -2.16. The maximum absolute atomic E-state index is 12.5. The van der Waals surface area contributed by atoms with Crippen LogP contribution in [0.2, 0.25) is 10.0 Å². The van der Waals surface area contributed by atoms with Crippen molar-refractivity contribution in [2.45, 2.75) is 18.6 Å². The highest BCUT2D eigenvalue weighted by Crippen LogP contribution is 2.30. The lowest BCUT2D eigenvalue weighted by atomic mass is 10.0. The number of halogens is 5. The van der Waals surface area contributed by atoms with Crippen molar-refractivity contribution >= 4 is 23.2 Å². The molecule has 2 N–H and O–H groups in total. The van der Waals surface area contributed by atoms with Gasteiger partial charge in [0.15, 0.2) is 0 Å². The molecule has 0 aliphatic heterocycles. The molecule has 0 aliphatic carbocycles. The molecule has 0 spiro atoms. The van der Waals surface area contributed by atoms with E-state index < -0.39 is 17.8 Å². The molecule has 0 radical (unpaired) electrons. The van der Waals surface area contributed by atoms with Crippen LogP contribution in [-0.4, -0.2) is 4.98 Å². The third-order valence-corrected chi connectivity index (χ3v) is 3.69. The average molecular weight is 335 g/mol. The highest BCUT2D eigenvalue weighted by Gasteiger charge is 2.30. The van der Waals surface area contributed by atoms with Crippen LogP contribution in [0, 0.1) is 0 Å². The molecule has 1 aromatic heterocycles. The summed E-state index contributed by atoms with van der Waals surface area (Å²) in [5.74, 6) is 0. The Morgan fingerprint density at radius 3 is 2.19 bits per heavy atom. The molecule has 0 bridgehead atoms. The van der Waals surface area contributed by atoms with Gasteiger partial charge in [-0.2, -0.15) is 13.2 Å². The van der Waals surface area contributed by atoms with E-state index in [-0.39, 0.29) is 6.42 Å². The summed E-state index contributed by atoms with van der Waals surface area (Å²) in [5, 5.41) is 0.926. The highest BCUT2D eigenvalue weighted by molar-refractivity contribution is 6.36. The van der Waals surface area contributed by atoms with E-state index in [2.05, 4.69) is 4.98 Å². The second-order valence-electron chi connectivity index (χ2n) is 4.48. The predicted molar refractivity (Wildman–Crippen MR) is 76.3 cm³/mol. The lowest BCUT2D eigenvalue weighted by Gasteiger charge is -2.14. The number of nitrogens with zero attached hydrogens (tertiary/aromatic N) is 1. The summed E-state index contributed by atoms with van der Waals surface area (Å²) in [6.07, 6.45) is -3.36. The quantitative estimate of drug-likeness (QED) is 0.887. The van der Waals surface area contributed by atoms with Gasteiger partial charge in [0.25, 0.3) is 0 Å². The van der Waals surface area contributed by atoms with Crippen molar-refractivity contribution in [1.29, 1.82) is 0 Å². The molecule has 2 aromatic rings. The Morgan fingerprint density at radius 2 is 1.71 bits per heavy atom. The fourth-order valence-electron chi connectivity index (χ4n) is 1.84. The molecule has 0 saturated carbocycles. The number of rotatable bonds is 3. The van der Waals surface area contributed by atoms with Crippen LogP contribution in [0.1, 0.15) is 22.9 Å². The van der Waals surface area contributed by atoms with E-state index >= 15 is 0 Å². The Morgan fingerprint density at radius 1 is 1.10 bits per heavy atom. The first-order valence-corrected chi connectivity index (χ1v) is 6.76. The van der Waals surface area contributed by atoms with Gasteiger partial charge < -0.3 is 5.73 Å². The molecule has 0 aliphatic rings. The van der Waals surface area contributed by atoms with Crippen molar-refractivity contribution in [2.24, 2.45) is 5.73 Å². The smallest absolute Gasteiger partial charge is 0.322 e. The second kappa shape index (κ2) is 6.22. The molecule has 7 heteroatoms. The maximum Gasteiger partial charge on any atom is 0.417 e. The third-order valence-electron chi connectivity index (χ3n) is 2.98. The standard InChI is InChI=1S/C14H11Cl2F3N2/c15-10-2-1-3-11(16)9(10)6-12(20)13-5-4-8(7-21-13)14(17,18)19/h1-5,7,12H,6,20H2. The van der Waals surface area contributed by atoms with Crippen LogP contribution in [-0.2, 0) is 12.6 Å². The molecule has 1 heterocycles. The molecule has 21 heavy (non-hydrogen) atoms. The molecule has 1 unspecified atom stereocenters. The van der Waals surface area contributed by atoms with E-state index in [0.29, 0.717) is 21.3 Å². The summed E-state index contributed by atoms with van der Waals surface area (Å²) < 4.78 is 37.4. The van der Waals surface area contributed by atoms with Crippen molar-refractivity contribution in [3.05, 3.63) is 63.4 Å². The van der Waals surface area contributed by atoms with Gasteiger partial charge in [0.2, 0.25) is 0 Å². The molecule has 1 atom stereocenters. The van der Waals surface area contributed by atoms with Crippen molar-refractivity contribution in [3.8, 4) is 0 Å². The first-order valence-electron chi connectivity index (χ1n) is 6.00. The number of aromatic nitrogens is 1. The molecular formula is C14H11Cl2F3N2. The van der Waals surface area contributed by atoms with Crippen molar-refractivity contribution < 1.29 is 13.2 Å². The van der Waals surface area contributed by atoms with Gasteiger partial charge in [0.05, 0.1) is 17.3 Å². The fraction of sp³-hybridized carbons (Fsp3) is 0.214. The van der Waals surface area contributed by atoms with Crippen LogP contribution in [0.4, 0.5) is 13.2 Å². The summed E-state index contributed by atoms with van der Waals surface area (Å²) in [6.45, 7) is 0. The highest BCUT2D eigenvalue weighted by atomic mass is 35.5. The minimum Gasteiger partial charge on any atom is -0.322 e. The number of benzene rings is 1. The number of hydrogen-bond acceptors (Lipinski definition) is 2. The number of pyridine rings is 1. The summed E-state index contributed by atoms with van der Waals surface area (Å²) in [4.78, 5) is 3.77. The summed E-state index contributed by atoms with van der Waals surface area (Å²) in [5.41, 5.74) is 6.15. The zero-order chi connectivity index (χ0) is 15.6. The molecule has 0 fully saturated rings. The fourth-order valence-corrected chi connectivity index (χ4v) is 2.40. The van der Waals surface area contributed by atoms with Gasteiger partial charge in [-0.05, 0) is 36.2 Å². The number of nitrogens with two attached hydrogens (primary N) is 1. The Bertz CT molecular complexity index is 607. The number of alkyl halides is 3. The monoisotopic (exact) mass is 334 g/mol. The zero-order valence-electron chi connectivity index (χ0n) is 10.7. The van der Waals surface area contributed by atoms with E-state index in [0.717, 1.165) is 12.3 Å². The van der Waals surface area contributed by atoms with Crippen LogP contribution in [0.3, 0.4) is 0 Å². The van der Waals surface area contributed by atoms with E-state index in [1.54, 1.807) is 18.2 Å². The summed E-state index contributed by atoms with van der Waals surface area (Å²) in [7, 11) is 0. The van der Waals surface area contributed by atoms with Gasteiger partial charge in [0.1, 0.15) is 0 Å². The summed E-state index contributed by atoms with van der Waals surface area (Å²) in [6, 6.07) is 6.68. The lowest BCUT2D eigenvalue weighted by molar-refractivity contribution is -0.137. The van der Waals surface area contributed by atoms with Crippen LogP contribution in [0.5, 0.6) is 0 Å². The first-order chi connectivity index (χ1) is 9.79. The van der Waals surface area contributed by atoms with Crippen LogP contribution in [0.25, 0.3) is 0 Å². The third kappa shape index (κ3) is 3.87. The first kappa shape index (κ1) is 16.1. The Labute approximate surface area is 129 Å². The minimum atomic E-state index is -4.42. The predicted octanol–water partition coefficient (Wildman–Crippen LogP) is 4.65. The molecule has 2 nitrogen and oxygen atoms in total. The molecule has 0 amide bonds. The van der Waals surface area contributed by atoms with Crippen molar-refractivity contribution in [2.75, 3.05) is 0 Å². The minimum absolute atomic E-state index is 0.289. The van der Waals surface area contributed by atoms with Gasteiger partial charge in [-0.1, -0.05) is 29.3 Å². The van der Waals surface area contributed by atoms with Crippen LogP contribution in [0.15, 0.2) is 36.5 Å². The van der Waals surface area contributed by atoms with E-state index in [4.69, 9.17) is 28.9 Å². The summed E-state index contributed by atoms with van der Waals surface area (Å²) >= 11 is 12.1. The normalized spacial score (nSPS) is 13.2. The van der Waals surface area contributed by atoms with E-state index in [9.17, 15) is 13.2 Å². The molecule has 0 saturated heterocycles. The zero-order valence-corrected chi connectivity index (χ0v) is 12.2. The molecule has 1 aromatic carbocycles. The van der Waals surface area contributed by atoms with E-state index in [1.807, 2.05) is 0 Å². The van der Waals surface area contributed by atoms with Crippen molar-refractivity contribution in [3.63, 3.8) is 0 Å². The largest absolute Gasteiger partial charge is 0.417 e. The van der Waals surface area contributed by atoms with Gasteiger partial charge in [0, 0.05) is 16.2 Å². The van der Waals surface area contributed by atoms with Crippen molar-refractivity contribution in [1.82, 2.24) is 4.98 Å². The van der Waals surface area contributed by atoms with E-state index in [1.165, 1.54) is 6.07 Å². The van der Waals surface area contributed by atoms with Gasteiger partial charge in [-0.3, -0.25) is 4.98 Å². The second-order valence-corrected chi connectivity index (χ2v) is 5.29. The Balaban J connectivity index is 2.19. The Hall–Kier alpha value is -1.30. The topological polar surface area (TPSA) is 38.9 Å².